The van der Waals surface area contributed by atoms with Gasteiger partial charge in [-0.3, -0.25) is 0 Å². The highest BCUT2D eigenvalue weighted by molar-refractivity contribution is 7.20. The van der Waals surface area contributed by atoms with Crippen molar-refractivity contribution in [2.75, 3.05) is 6.61 Å². The van der Waals surface area contributed by atoms with Gasteiger partial charge < -0.3 is 9.57 Å². The molecule has 6 heteroatoms. The van der Waals surface area contributed by atoms with E-state index >= 15 is 0 Å². The lowest BCUT2D eigenvalue weighted by molar-refractivity contribution is -0.144. The Labute approximate surface area is 78.6 Å². The van der Waals surface area contributed by atoms with Gasteiger partial charge in [0.25, 0.3) is 0 Å². The molecule has 1 amide bonds. The highest BCUT2D eigenvalue weighted by Gasteiger charge is 2.07. The summed E-state index contributed by atoms with van der Waals surface area (Å²) < 4.78 is 4.45. The first-order valence-corrected chi connectivity index (χ1v) is 4.31. The van der Waals surface area contributed by atoms with Gasteiger partial charge >= 0.3 is 12.1 Å². The fraction of sp³-hybridized carbons (Fsp3) is 0.429. The van der Waals surface area contributed by atoms with E-state index in [1.54, 1.807) is 13.8 Å². The molecule has 0 aliphatic carbocycles. The Balaban J connectivity index is 3.77. The minimum atomic E-state index is -0.785. The molecule has 0 saturated heterocycles. The molecule has 0 fully saturated rings. The maximum Gasteiger partial charge on any atom is 0.440 e. The van der Waals surface area contributed by atoms with Crippen molar-refractivity contribution in [2.45, 2.75) is 13.8 Å². The quantitative estimate of drug-likeness (QED) is 0.414. The van der Waals surface area contributed by atoms with E-state index in [4.69, 9.17) is 0 Å². The number of ether oxygens (including phenoxy) is 1. The SMILES string of the molecule is CCOC(=O)NOC(=O)C(C)=CP. The molecule has 0 bridgehead atoms. The van der Waals surface area contributed by atoms with Crippen LogP contribution in [0.25, 0.3) is 0 Å². The van der Waals surface area contributed by atoms with Crippen molar-refractivity contribution >= 4 is 21.3 Å². The zero-order chi connectivity index (χ0) is 10.3. The van der Waals surface area contributed by atoms with E-state index < -0.39 is 12.1 Å². The van der Waals surface area contributed by atoms with Crippen molar-refractivity contribution in [3.05, 3.63) is 11.4 Å². The van der Waals surface area contributed by atoms with Gasteiger partial charge in [0.1, 0.15) is 0 Å². The van der Waals surface area contributed by atoms with E-state index in [1.807, 2.05) is 5.48 Å². The number of hydroxylamine groups is 1. The number of carbonyl (C=O) groups is 2. The molecule has 0 aromatic heterocycles. The van der Waals surface area contributed by atoms with Gasteiger partial charge in [0, 0.05) is 5.57 Å². The monoisotopic (exact) mass is 205 g/mol. The standard InChI is InChI=1S/C7H12NO4P/c1-3-11-7(10)8-12-6(9)5(2)4-13/h4H,3,13H2,1-2H3,(H,8,10). The molecular formula is C7H12NO4P. The molecule has 0 rings (SSSR count). The highest BCUT2D eigenvalue weighted by Crippen LogP contribution is 1.98. The highest BCUT2D eigenvalue weighted by atomic mass is 31.0. The molecule has 0 saturated carbocycles. The first-order chi connectivity index (χ1) is 6.11. The van der Waals surface area contributed by atoms with Crippen LogP contribution in [0.5, 0.6) is 0 Å². The largest absolute Gasteiger partial charge is 0.448 e. The van der Waals surface area contributed by atoms with Gasteiger partial charge in [-0.25, -0.2) is 9.59 Å². The van der Waals surface area contributed by atoms with Crippen molar-refractivity contribution in [1.82, 2.24) is 5.48 Å². The number of amides is 1. The second-order valence-corrected chi connectivity index (χ2v) is 2.40. The van der Waals surface area contributed by atoms with Crippen LogP contribution in [0.3, 0.4) is 0 Å². The maximum atomic E-state index is 10.9. The first-order valence-electron chi connectivity index (χ1n) is 3.64. The number of hydrogen-bond acceptors (Lipinski definition) is 4. The maximum absolute atomic E-state index is 10.9. The number of carbonyl (C=O) groups excluding carboxylic acids is 2. The molecule has 0 spiro atoms. The molecule has 0 aromatic rings. The Morgan fingerprint density at radius 1 is 1.54 bits per heavy atom. The van der Waals surface area contributed by atoms with Crippen LogP contribution in [0.15, 0.2) is 11.4 Å². The third-order valence-corrected chi connectivity index (χ3v) is 1.57. The molecule has 0 radical (unpaired) electrons. The lowest BCUT2D eigenvalue weighted by Crippen LogP contribution is -2.27. The summed E-state index contributed by atoms with van der Waals surface area (Å²) >= 11 is 0. The average Bonchev–Trinajstić information content (AvgIpc) is 2.13. The zero-order valence-electron chi connectivity index (χ0n) is 7.49. The minimum Gasteiger partial charge on any atom is -0.448 e. The number of hydrogen-bond donors (Lipinski definition) is 1. The second-order valence-electron chi connectivity index (χ2n) is 2.06. The summed E-state index contributed by atoms with van der Waals surface area (Å²) in [6.07, 6.45) is -0.785. The van der Waals surface area contributed by atoms with Gasteiger partial charge in [-0.15, -0.1) is 14.7 Å². The zero-order valence-corrected chi connectivity index (χ0v) is 8.65. The van der Waals surface area contributed by atoms with Gasteiger partial charge in [0.15, 0.2) is 0 Å². The molecule has 1 N–H and O–H groups in total. The molecule has 0 heterocycles. The summed E-state index contributed by atoms with van der Waals surface area (Å²) in [7, 11) is 2.25. The van der Waals surface area contributed by atoms with Crippen LogP contribution in [0, 0.1) is 0 Å². The lowest BCUT2D eigenvalue weighted by atomic mass is 10.4. The second kappa shape index (κ2) is 6.43. The summed E-state index contributed by atoms with van der Waals surface area (Å²) in [5.41, 5.74) is 2.21. The smallest absolute Gasteiger partial charge is 0.440 e. The van der Waals surface area contributed by atoms with Crippen molar-refractivity contribution in [2.24, 2.45) is 0 Å². The van der Waals surface area contributed by atoms with E-state index in [-0.39, 0.29) is 6.61 Å². The summed E-state index contributed by atoms with van der Waals surface area (Å²) in [6.45, 7) is 3.43. The molecule has 74 valence electrons. The molecule has 1 unspecified atom stereocenters. The molecule has 0 aliphatic heterocycles. The molecule has 5 nitrogen and oxygen atoms in total. The average molecular weight is 205 g/mol. The number of nitrogens with one attached hydrogen (secondary N) is 1. The van der Waals surface area contributed by atoms with E-state index in [0.29, 0.717) is 5.57 Å². The summed E-state index contributed by atoms with van der Waals surface area (Å²) in [6, 6.07) is 0. The van der Waals surface area contributed by atoms with Crippen LogP contribution >= 0.6 is 9.24 Å². The normalized spacial score (nSPS) is 10.5. The van der Waals surface area contributed by atoms with Gasteiger partial charge in [0.05, 0.1) is 6.61 Å². The van der Waals surface area contributed by atoms with Gasteiger partial charge in [-0.1, -0.05) is 5.82 Å². The third-order valence-electron chi connectivity index (χ3n) is 1.07. The topological polar surface area (TPSA) is 64.6 Å². The van der Waals surface area contributed by atoms with E-state index in [9.17, 15) is 9.59 Å². The molecule has 0 aromatic carbocycles. The molecular weight excluding hydrogens is 193 g/mol. The lowest BCUT2D eigenvalue weighted by Gasteiger charge is -2.04. The van der Waals surface area contributed by atoms with Gasteiger partial charge in [-0.2, -0.15) is 0 Å². The van der Waals surface area contributed by atoms with Gasteiger partial charge in [-0.05, 0) is 13.8 Å². The summed E-state index contributed by atoms with van der Waals surface area (Å²) in [5, 5.41) is 0. The summed E-state index contributed by atoms with van der Waals surface area (Å²) in [5.74, 6) is 0.873. The van der Waals surface area contributed by atoms with E-state index in [1.165, 1.54) is 5.82 Å². The van der Waals surface area contributed by atoms with Crippen LogP contribution in [0.4, 0.5) is 4.79 Å². The fourth-order valence-corrected chi connectivity index (χ4v) is 0.533. The van der Waals surface area contributed by atoms with Gasteiger partial charge in [0.2, 0.25) is 0 Å². The van der Waals surface area contributed by atoms with Crippen molar-refractivity contribution in [3.8, 4) is 0 Å². The van der Waals surface area contributed by atoms with Crippen LogP contribution < -0.4 is 5.48 Å². The fourth-order valence-electron chi connectivity index (χ4n) is 0.397. The van der Waals surface area contributed by atoms with Crippen LogP contribution in [0.2, 0.25) is 0 Å². The predicted molar refractivity (Wildman–Crippen MR) is 49.7 cm³/mol. The molecule has 1 atom stereocenters. The summed E-state index contributed by atoms with van der Waals surface area (Å²) in [4.78, 5) is 25.9. The van der Waals surface area contributed by atoms with E-state index in [2.05, 4.69) is 18.8 Å². The van der Waals surface area contributed by atoms with Crippen LogP contribution in [-0.4, -0.2) is 18.7 Å². The minimum absolute atomic E-state index is 0.224. The van der Waals surface area contributed by atoms with Crippen molar-refractivity contribution in [1.29, 1.82) is 0 Å². The Bertz CT molecular complexity index is 227. The first kappa shape index (κ1) is 11.9. The van der Waals surface area contributed by atoms with Crippen LogP contribution in [-0.2, 0) is 14.4 Å². The molecule has 0 aliphatic rings. The Morgan fingerprint density at radius 2 is 2.15 bits per heavy atom. The van der Waals surface area contributed by atoms with E-state index in [0.717, 1.165) is 0 Å². The predicted octanol–water partition coefficient (Wildman–Crippen LogP) is 0.970. The number of rotatable bonds is 2. The Morgan fingerprint density at radius 3 is 2.62 bits per heavy atom. The third kappa shape index (κ3) is 5.20. The van der Waals surface area contributed by atoms with Crippen molar-refractivity contribution < 1.29 is 19.2 Å². The molecule has 13 heavy (non-hydrogen) atoms. The Hall–Kier alpha value is -1.09. The van der Waals surface area contributed by atoms with Crippen molar-refractivity contribution in [3.63, 3.8) is 0 Å². The van der Waals surface area contributed by atoms with Crippen LogP contribution in [0.1, 0.15) is 13.8 Å². The Kier molecular flexibility index (Phi) is 5.89.